The van der Waals surface area contributed by atoms with Gasteiger partial charge in [0.25, 0.3) is 0 Å². The molecule has 0 saturated heterocycles. The lowest BCUT2D eigenvalue weighted by atomic mass is 10.0. The average molecular weight is 152 g/mol. The van der Waals surface area contributed by atoms with Gasteiger partial charge < -0.3 is 0 Å². The molecule has 0 nitrogen and oxygen atoms in total. The summed E-state index contributed by atoms with van der Waals surface area (Å²) >= 11 is 0. The molecule has 0 radical (unpaired) electrons. The van der Waals surface area contributed by atoms with Crippen LogP contribution in [0.1, 0.15) is 25.3 Å². The van der Waals surface area contributed by atoms with E-state index in [0.717, 1.165) is 0 Å². The molecule has 0 saturated carbocycles. The van der Waals surface area contributed by atoms with Crippen LogP contribution in [0.5, 0.6) is 0 Å². The van der Waals surface area contributed by atoms with Gasteiger partial charge in [0, 0.05) is 0 Å². The second-order valence-electron chi connectivity index (χ2n) is 2.82. The molecule has 1 atom stereocenters. The van der Waals surface area contributed by atoms with E-state index in [0.29, 0.717) is 5.92 Å². The fourth-order valence-electron chi connectivity index (χ4n) is 0.918. The Morgan fingerprint density at radius 2 is 2.00 bits per heavy atom. The monoisotopic (exact) mass is 152 g/mol. The van der Waals surface area contributed by atoms with Crippen molar-refractivity contribution in [3.63, 3.8) is 0 Å². The van der Waals surface area contributed by atoms with Crippen molar-refractivity contribution >= 4 is 14.5 Å². The number of hydrogen-bond donors (Lipinski definition) is 0. The van der Waals surface area contributed by atoms with Crippen LogP contribution >= 0.6 is 9.24 Å². The average Bonchev–Trinajstić information content (AvgIpc) is 1.88. The summed E-state index contributed by atoms with van der Waals surface area (Å²) in [6.07, 6.45) is 0. The van der Waals surface area contributed by atoms with Crippen molar-refractivity contribution in [3.05, 3.63) is 29.8 Å². The van der Waals surface area contributed by atoms with Crippen molar-refractivity contribution in [1.82, 2.24) is 0 Å². The highest BCUT2D eigenvalue weighted by molar-refractivity contribution is 7.27. The topological polar surface area (TPSA) is 0 Å². The highest BCUT2D eigenvalue weighted by Gasteiger charge is 1.96. The Hall–Kier alpha value is -0.350. The van der Waals surface area contributed by atoms with E-state index in [1.807, 2.05) is 0 Å². The second kappa shape index (κ2) is 3.16. The summed E-state index contributed by atoms with van der Waals surface area (Å²) in [5.41, 5.74) is 1.41. The van der Waals surface area contributed by atoms with Crippen LogP contribution in [0.2, 0.25) is 0 Å². The molecular formula is C9H13P. The Kier molecular flexibility index (Phi) is 2.45. The minimum absolute atomic E-state index is 0.639. The summed E-state index contributed by atoms with van der Waals surface area (Å²) in [5, 5.41) is 1.27. The summed E-state index contributed by atoms with van der Waals surface area (Å²) in [5.74, 6) is 0.639. The molecule has 0 aromatic heterocycles. The molecule has 54 valence electrons. The Balaban J connectivity index is 2.96. The minimum atomic E-state index is 0.639. The number of rotatable bonds is 1. The second-order valence-corrected chi connectivity index (χ2v) is 3.49. The van der Waals surface area contributed by atoms with E-state index < -0.39 is 0 Å². The van der Waals surface area contributed by atoms with Crippen LogP contribution in [-0.2, 0) is 0 Å². The highest BCUT2D eigenvalue weighted by atomic mass is 31.0. The van der Waals surface area contributed by atoms with Crippen molar-refractivity contribution in [1.29, 1.82) is 0 Å². The first-order chi connectivity index (χ1) is 4.70. The smallest absolute Gasteiger partial charge is 0.0219 e. The SMILES string of the molecule is CC(C)c1cccc(P)c1. The third-order valence-electron chi connectivity index (χ3n) is 1.58. The van der Waals surface area contributed by atoms with Crippen LogP contribution in [0, 0.1) is 0 Å². The first kappa shape index (κ1) is 7.75. The standard InChI is InChI=1S/C9H13P/c1-7(2)8-4-3-5-9(10)6-8/h3-7H,10H2,1-2H3. The first-order valence-electron chi connectivity index (χ1n) is 3.55. The van der Waals surface area contributed by atoms with E-state index in [1.54, 1.807) is 0 Å². The van der Waals surface area contributed by atoms with Crippen LogP contribution in [0.25, 0.3) is 0 Å². The predicted octanol–water partition coefficient (Wildman–Crippen LogP) is 2.31. The molecule has 0 aliphatic carbocycles. The van der Waals surface area contributed by atoms with Crippen LogP contribution in [0.15, 0.2) is 24.3 Å². The molecule has 0 heterocycles. The van der Waals surface area contributed by atoms with Gasteiger partial charge in [-0.15, -0.1) is 9.24 Å². The number of hydrogen-bond acceptors (Lipinski definition) is 0. The Morgan fingerprint density at radius 1 is 1.30 bits per heavy atom. The number of benzene rings is 1. The van der Waals surface area contributed by atoms with Crippen molar-refractivity contribution in [2.24, 2.45) is 0 Å². The third kappa shape index (κ3) is 1.82. The van der Waals surface area contributed by atoms with Crippen LogP contribution in [0.4, 0.5) is 0 Å². The summed E-state index contributed by atoms with van der Waals surface area (Å²) in [4.78, 5) is 0. The molecule has 0 aliphatic heterocycles. The zero-order valence-corrected chi connectivity index (χ0v) is 7.62. The third-order valence-corrected chi connectivity index (χ3v) is 1.94. The first-order valence-corrected chi connectivity index (χ1v) is 4.13. The Morgan fingerprint density at radius 3 is 2.40 bits per heavy atom. The maximum atomic E-state index is 2.71. The predicted molar refractivity (Wildman–Crippen MR) is 49.9 cm³/mol. The van der Waals surface area contributed by atoms with Crippen LogP contribution < -0.4 is 5.30 Å². The van der Waals surface area contributed by atoms with Gasteiger partial charge in [-0.25, -0.2) is 0 Å². The fourth-order valence-corrected chi connectivity index (χ4v) is 1.22. The zero-order chi connectivity index (χ0) is 7.56. The summed E-state index contributed by atoms with van der Waals surface area (Å²) in [7, 11) is 2.71. The molecule has 1 rings (SSSR count). The van der Waals surface area contributed by atoms with E-state index in [9.17, 15) is 0 Å². The van der Waals surface area contributed by atoms with Crippen molar-refractivity contribution in [3.8, 4) is 0 Å². The van der Waals surface area contributed by atoms with Gasteiger partial charge in [-0.3, -0.25) is 0 Å². The quantitative estimate of drug-likeness (QED) is 0.542. The van der Waals surface area contributed by atoms with Gasteiger partial charge in [0.2, 0.25) is 0 Å². The van der Waals surface area contributed by atoms with Gasteiger partial charge in [-0.05, 0) is 16.8 Å². The van der Waals surface area contributed by atoms with Crippen LogP contribution in [-0.4, -0.2) is 0 Å². The molecule has 1 unspecified atom stereocenters. The molecule has 10 heavy (non-hydrogen) atoms. The largest absolute Gasteiger partial charge is 0.106 e. The molecule has 0 spiro atoms. The lowest BCUT2D eigenvalue weighted by molar-refractivity contribution is 0.868. The normalized spacial score (nSPS) is 10.4. The zero-order valence-electron chi connectivity index (χ0n) is 6.46. The molecule has 0 amide bonds. The molecule has 0 bridgehead atoms. The molecule has 1 aromatic rings. The van der Waals surface area contributed by atoms with Crippen molar-refractivity contribution in [2.45, 2.75) is 19.8 Å². The summed E-state index contributed by atoms with van der Waals surface area (Å²) in [6, 6.07) is 8.56. The molecule has 0 aliphatic rings. The maximum absolute atomic E-state index is 2.71. The lowest BCUT2D eigenvalue weighted by Crippen LogP contribution is -1.94. The maximum Gasteiger partial charge on any atom is -0.0219 e. The van der Waals surface area contributed by atoms with Crippen LogP contribution in [0.3, 0.4) is 0 Å². The highest BCUT2D eigenvalue weighted by Crippen LogP contribution is 2.12. The molecule has 0 N–H and O–H groups in total. The van der Waals surface area contributed by atoms with Gasteiger partial charge in [0.05, 0.1) is 0 Å². The van der Waals surface area contributed by atoms with Crippen molar-refractivity contribution < 1.29 is 0 Å². The Bertz CT molecular complexity index is 216. The summed E-state index contributed by atoms with van der Waals surface area (Å²) < 4.78 is 0. The lowest BCUT2D eigenvalue weighted by Gasteiger charge is -2.04. The van der Waals surface area contributed by atoms with Gasteiger partial charge in [0.1, 0.15) is 0 Å². The van der Waals surface area contributed by atoms with E-state index in [-0.39, 0.29) is 0 Å². The van der Waals surface area contributed by atoms with E-state index in [2.05, 4.69) is 47.4 Å². The van der Waals surface area contributed by atoms with Gasteiger partial charge in [0.15, 0.2) is 0 Å². The van der Waals surface area contributed by atoms with Gasteiger partial charge in [-0.2, -0.15) is 0 Å². The van der Waals surface area contributed by atoms with Gasteiger partial charge in [-0.1, -0.05) is 38.1 Å². The Labute approximate surface area is 64.9 Å². The van der Waals surface area contributed by atoms with E-state index >= 15 is 0 Å². The molecule has 0 fully saturated rings. The minimum Gasteiger partial charge on any atom is -0.106 e. The molecule has 1 heteroatoms. The molecular weight excluding hydrogens is 139 g/mol. The molecule has 1 aromatic carbocycles. The van der Waals surface area contributed by atoms with E-state index in [4.69, 9.17) is 0 Å². The summed E-state index contributed by atoms with van der Waals surface area (Å²) in [6.45, 7) is 4.42. The van der Waals surface area contributed by atoms with Crippen molar-refractivity contribution in [2.75, 3.05) is 0 Å². The van der Waals surface area contributed by atoms with E-state index in [1.165, 1.54) is 10.9 Å². The van der Waals surface area contributed by atoms with Gasteiger partial charge >= 0.3 is 0 Å². The fraction of sp³-hybridized carbons (Fsp3) is 0.333.